The van der Waals surface area contributed by atoms with E-state index in [4.69, 9.17) is 0 Å². The first-order chi connectivity index (χ1) is 11.8. The Morgan fingerprint density at radius 2 is 1.75 bits per heavy atom. The van der Waals surface area contributed by atoms with E-state index in [-0.39, 0.29) is 17.7 Å². The van der Waals surface area contributed by atoms with E-state index >= 15 is 0 Å². The molecule has 0 amide bonds. The largest absolute Gasteiger partial charge is 0.292 e. The van der Waals surface area contributed by atoms with Crippen LogP contribution >= 0.6 is 0 Å². The highest BCUT2D eigenvalue weighted by molar-refractivity contribution is 6.00. The van der Waals surface area contributed by atoms with E-state index in [1.807, 2.05) is 54.6 Å². The number of benzene rings is 2. The molecule has 2 heterocycles. The zero-order valence-electron chi connectivity index (χ0n) is 13.3. The molecular weight excluding hydrogens is 296 g/mol. The molecule has 1 fully saturated rings. The van der Waals surface area contributed by atoms with Gasteiger partial charge in [0, 0.05) is 12.6 Å². The van der Waals surface area contributed by atoms with Crippen molar-refractivity contribution in [3.05, 3.63) is 83.9 Å². The summed E-state index contributed by atoms with van der Waals surface area (Å²) in [5, 5.41) is 9.62. The van der Waals surface area contributed by atoms with Crippen LogP contribution in [-0.4, -0.2) is 16.7 Å². The molecule has 2 bridgehead atoms. The maximum atomic E-state index is 13.0. The Labute approximate surface area is 141 Å². The van der Waals surface area contributed by atoms with Crippen molar-refractivity contribution in [2.45, 2.75) is 24.5 Å². The van der Waals surface area contributed by atoms with Crippen molar-refractivity contribution in [3.8, 4) is 6.07 Å². The summed E-state index contributed by atoms with van der Waals surface area (Å²) < 4.78 is 0. The van der Waals surface area contributed by atoms with E-state index in [1.54, 1.807) is 6.08 Å². The maximum absolute atomic E-state index is 13.0. The Morgan fingerprint density at radius 3 is 2.42 bits per heavy atom. The lowest BCUT2D eigenvalue weighted by molar-refractivity contribution is -0.127. The van der Waals surface area contributed by atoms with Gasteiger partial charge in [-0.15, -0.1) is 0 Å². The first-order valence-corrected chi connectivity index (χ1v) is 8.24. The molecule has 3 heteroatoms. The second-order valence-corrected chi connectivity index (χ2v) is 6.49. The lowest BCUT2D eigenvalue weighted by Crippen LogP contribution is -2.51. The number of hydrogen-bond donors (Lipinski definition) is 0. The summed E-state index contributed by atoms with van der Waals surface area (Å²) in [5.41, 5.74) is 1.42. The van der Waals surface area contributed by atoms with E-state index in [0.29, 0.717) is 13.0 Å². The fourth-order valence-electron chi connectivity index (χ4n) is 4.11. The van der Waals surface area contributed by atoms with Gasteiger partial charge in [-0.1, -0.05) is 66.7 Å². The molecule has 3 atom stereocenters. The zero-order chi connectivity index (χ0) is 16.6. The van der Waals surface area contributed by atoms with Gasteiger partial charge < -0.3 is 0 Å². The van der Waals surface area contributed by atoms with Crippen LogP contribution in [0.1, 0.15) is 17.5 Å². The van der Waals surface area contributed by atoms with E-state index in [2.05, 4.69) is 23.1 Å². The summed E-state index contributed by atoms with van der Waals surface area (Å²) in [6, 6.07) is 22.4. The third-order valence-corrected chi connectivity index (χ3v) is 5.24. The number of carbonyl (C=O) groups excluding carboxylic acids is 1. The molecular formula is C21H18N2O. The van der Waals surface area contributed by atoms with E-state index in [9.17, 15) is 10.1 Å². The number of nitrogens with zero attached hydrogens (tertiary/aromatic N) is 2. The molecule has 0 spiro atoms. The fraction of sp³-hybridized carbons (Fsp3) is 0.238. The highest BCUT2D eigenvalue weighted by atomic mass is 16.1. The topological polar surface area (TPSA) is 44.1 Å². The molecule has 2 aromatic rings. The molecule has 0 aliphatic carbocycles. The Balaban J connectivity index is 1.84. The average Bonchev–Trinajstić information content (AvgIpc) is 2.86. The molecule has 1 saturated heterocycles. The molecule has 3 nitrogen and oxygen atoms in total. The number of rotatable bonds is 3. The van der Waals surface area contributed by atoms with Gasteiger partial charge in [0.1, 0.15) is 5.54 Å². The Morgan fingerprint density at radius 1 is 1.08 bits per heavy atom. The lowest BCUT2D eigenvalue weighted by Gasteiger charge is -2.41. The molecule has 1 unspecified atom stereocenters. The maximum Gasteiger partial charge on any atom is 0.180 e. The van der Waals surface area contributed by atoms with Crippen LogP contribution in [0.25, 0.3) is 0 Å². The van der Waals surface area contributed by atoms with Crippen molar-refractivity contribution in [2.75, 3.05) is 0 Å². The second-order valence-electron chi connectivity index (χ2n) is 6.49. The Bertz CT molecular complexity index is 822. The molecule has 0 radical (unpaired) electrons. The van der Waals surface area contributed by atoms with Gasteiger partial charge in [0.25, 0.3) is 0 Å². The summed E-state index contributed by atoms with van der Waals surface area (Å²) >= 11 is 0. The van der Waals surface area contributed by atoms with Gasteiger partial charge in [0.2, 0.25) is 0 Å². The Kier molecular flexibility index (Phi) is 3.55. The van der Waals surface area contributed by atoms with E-state index < -0.39 is 5.54 Å². The Hall–Kier alpha value is -2.70. The number of nitriles is 1. The van der Waals surface area contributed by atoms with Gasteiger partial charge in [-0.05, 0) is 23.6 Å². The second kappa shape index (κ2) is 5.74. The molecule has 2 aliphatic rings. The molecule has 0 aromatic heterocycles. The van der Waals surface area contributed by atoms with Crippen molar-refractivity contribution in [3.63, 3.8) is 0 Å². The van der Waals surface area contributed by atoms with E-state index in [0.717, 1.165) is 11.1 Å². The van der Waals surface area contributed by atoms with E-state index in [1.165, 1.54) is 0 Å². The van der Waals surface area contributed by atoms with Crippen LogP contribution in [0, 0.1) is 17.2 Å². The van der Waals surface area contributed by atoms with Crippen LogP contribution in [-0.2, 0) is 16.9 Å². The molecule has 118 valence electrons. The van der Waals surface area contributed by atoms with Gasteiger partial charge in [-0.2, -0.15) is 5.26 Å². The zero-order valence-corrected chi connectivity index (χ0v) is 13.3. The number of ketones is 1. The smallest absolute Gasteiger partial charge is 0.180 e. The minimum absolute atomic E-state index is 0.0203. The highest BCUT2D eigenvalue weighted by Gasteiger charge is 2.57. The van der Waals surface area contributed by atoms with Crippen molar-refractivity contribution in [2.24, 2.45) is 5.92 Å². The van der Waals surface area contributed by atoms with Crippen LogP contribution in [0.3, 0.4) is 0 Å². The average molecular weight is 314 g/mol. The van der Waals surface area contributed by atoms with Gasteiger partial charge in [-0.3, -0.25) is 9.69 Å². The molecule has 2 aliphatic heterocycles. The molecule has 0 N–H and O–H groups in total. The first-order valence-electron chi connectivity index (χ1n) is 8.24. The standard InChI is InChI=1S/C21H18N2O/c22-14-17-13-21(18-9-5-2-6-10-18)20(24)12-11-19(17)23(21)15-16-7-3-1-4-8-16/h1-12,17,19H,13,15H2/t17?,19-,21+/m0/s1. The SMILES string of the molecule is N#CC1C[C@@]2(c3ccccc3)C(=O)C=C[C@@H]1N2Cc1ccccc1. The van der Waals surface area contributed by atoms with Crippen LogP contribution in [0.5, 0.6) is 0 Å². The molecule has 4 rings (SSSR count). The van der Waals surface area contributed by atoms with Crippen molar-refractivity contribution >= 4 is 5.78 Å². The minimum atomic E-state index is -0.725. The van der Waals surface area contributed by atoms with Gasteiger partial charge in [0.05, 0.1) is 12.0 Å². The van der Waals surface area contributed by atoms with Crippen LogP contribution in [0.2, 0.25) is 0 Å². The third-order valence-electron chi connectivity index (χ3n) is 5.24. The van der Waals surface area contributed by atoms with Gasteiger partial charge in [-0.25, -0.2) is 0 Å². The first kappa shape index (κ1) is 14.9. The van der Waals surface area contributed by atoms with Crippen molar-refractivity contribution < 1.29 is 4.79 Å². The van der Waals surface area contributed by atoms with Crippen molar-refractivity contribution in [1.82, 2.24) is 4.90 Å². The highest BCUT2D eigenvalue weighted by Crippen LogP contribution is 2.49. The number of hydrogen-bond acceptors (Lipinski definition) is 3. The van der Waals surface area contributed by atoms with Crippen LogP contribution in [0.4, 0.5) is 0 Å². The summed E-state index contributed by atoms with van der Waals surface area (Å²) in [5.74, 6) is -0.0877. The monoisotopic (exact) mass is 314 g/mol. The minimum Gasteiger partial charge on any atom is -0.292 e. The van der Waals surface area contributed by atoms with Crippen LogP contribution in [0.15, 0.2) is 72.8 Å². The van der Waals surface area contributed by atoms with Crippen molar-refractivity contribution in [1.29, 1.82) is 5.26 Å². The third kappa shape index (κ3) is 2.11. The predicted octanol–water partition coefficient (Wildman–Crippen LogP) is 3.44. The number of fused-ring (bicyclic) bond motifs is 2. The van der Waals surface area contributed by atoms with Crippen LogP contribution < -0.4 is 0 Å². The summed E-state index contributed by atoms with van der Waals surface area (Å²) in [6.45, 7) is 0.661. The van der Waals surface area contributed by atoms with Gasteiger partial charge in [0.15, 0.2) is 5.78 Å². The normalized spacial score (nSPS) is 28.7. The molecule has 2 aromatic carbocycles. The number of carbonyl (C=O) groups is 1. The summed E-state index contributed by atoms with van der Waals surface area (Å²) in [4.78, 5) is 15.2. The summed E-state index contributed by atoms with van der Waals surface area (Å²) in [6.07, 6.45) is 4.14. The summed E-state index contributed by atoms with van der Waals surface area (Å²) in [7, 11) is 0. The van der Waals surface area contributed by atoms with Gasteiger partial charge >= 0.3 is 0 Å². The molecule has 24 heavy (non-hydrogen) atoms. The molecule has 0 saturated carbocycles. The predicted molar refractivity (Wildman–Crippen MR) is 91.8 cm³/mol. The lowest BCUT2D eigenvalue weighted by atomic mass is 9.81. The fourth-order valence-corrected chi connectivity index (χ4v) is 4.11. The quantitative estimate of drug-likeness (QED) is 0.872.